The summed E-state index contributed by atoms with van der Waals surface area (Å²) in [6, 6.07) is 8.97. The average Bonchev–Trinajstić information content (AvgIpc) is 3.15. The molecule has 146 valence electrons. The first kappa shape index (κ1) is 18.2. The summed E-state index contributed by atoms with van der Waals surface area (Å²) in [5.74, 6) is 0.785. The Labute approximate surface area is 164 Å². The summed E-state index contributed by atoms with van der Waals surface area (Å²) in [6.45, 7) is 2.24. The van der Waals surface area contributed by atoms with Crippen LogP contribution in [0.5, 0.6) is 0 Å². The van der Waals surface area contributed by atoms with E-state index in [1.54, 1.807) is 23.4 Å². The summed E-state index contributed by atoms with van der Waals surface area (Å²) in [5, 5.41) is 5.96. The third-order valence-corrected chi connectivity index (χ3v) is 5.11. The molecule has 1 aromatic carbocycles. The van der Waals surface area contributed by atoms with Crippen molar-refractivity contribution < 1.29 is 9.59 Å². The van der Waals surface area contributed by atoms with Crippen molar-refractivity contribution in [3.63, 3.8) is 0 Å². The minimum atomic E-state index is -0.264. The van der Waals surface area contributed by atoms with E-state index in [-0.39, 0.29) is 18.0 Å². The van der Waals surface area contributed by atoms with Gasteiger partial charge in [-0.25, -0.2) is 14.8 Å². The van der Waals surface area contributed by atoms with Gasteiger partial charge in [0.2, 0.25) is 11.9 Å². The van der Waals surface area contributed by atoms with Crippen molar-refractivity contribution in [1.29, 1.82) is 0 Å². The molecule has 2 aliphatic heterocycles. The number of carbonyl (C=O) groups excluding carboxylic acids is 2. The quantitative estimate of drug-likeness (QED) is 0.850. The molecule has 3 heterocycles. The number of para-hydroxylation sites is 2. The van der Waals surface area contributed by atoms with E-state index < -0.39 is 0 Å². The van der Waals surface area contributed by atoms with E-state index in [9.17, 15) is 9.59 Å². The number of nitrogens with zero attached hydrogens (tertiary/aromatic N) is 4. The lowest BCUT2D eigenvalue weighted by atomic mass is 10.1. The number of aromatic nitrogens is 2. The van der Waals surface area contributed by atoms with Gasteiger partial charge in [0.05, 0.1) is 11.4 Å². The third kappa shape index (κ3) is 4.05. The molecule has 3 amide bonds. The molecule has 0 bridgehead atoms. The largest absolute Gasteiger partial charge is 0.339 e. The van der Waals surface area contributed by atoms with Crippen molar-refractivity contribution in [3.05, 3.63) is 42.7 Å². The fourth-order valence-electron chi connectivity index (χ4n) is 3.79. The molecule has 2 N–H and O–H groups in total. The van der Waals surface area contributed by atoms with Crippen LogP contribution in [0.2, 0.25) is 0 Å². The Balaban J connectivity index is 1.39. The molecule has 0 aliphatic carbocycles. The lowest BCUT2D eigenvalue weighted by Crippen LogP contribution is -2.49. The third-order valence-electron chi connectivity index (χ3n) is 5.11. The number of carbonyl (C=O) groups is 2. The smallest absolute Gasteiger partial charge is 0.319 e. The molecule has 0 radical (unpaired) electrons. The second-order valence-electron chi connectivity index (χ2n) is 7.10. The molecular weight excluding hydrogens is 356 g/mol. The van der Waals surface area contributed by atoms with E-state index in [2.05, 4.69) is 25.5 Å². The Morgan fingerprint density at radius 3 is 2.68 bits per heavy atom. The van der Waals surface area contributed by atoms with Gasteiger partial charge in [-0.15, -0.1) is 0 Å². The number of nitrogens with one attached hydrogen (secondary N) is 2. The van der Waals surface area contributed by atoms with Gasteiger partial charge >= 0.3 is 6.03 Å². The summed E-state index contributed by atoms with van der Waals surface area (Å²) in [5.41, 5.74) is 1.40. The molecule has 8 nitrogen and oxygen atoms in total. The number of urea groups is 1. The highest BCUT2D eigenvalue weighted by molar-refractivity contribution is 6.01. The number of piperidine rings is 1. The van der Waals surface area contributed by atoms with Gasteiger partial charge in [-0.1, -0.05) is 12.1 Å². The highest BCUT2D eigenvalue weighted by atomic mass is 16.2. The molecule has 8 heteroatoms. The molecule has 1 unspecified atom stereocenters. The van der Waals surface area contributed by atoms with Crippen LogP contribution < -0.4 is 20.4 Å². The number of benzene rings is 1. The van der Waals surface area contributed by atoms with Gasteiger partial charge in [-0.05, 0) is 37.5 Å². The van der Waals surface area contributed by atoms with E-state index in [1.165, 1.54) is 0 Å². The molecular formula is C20H24N6O2. The lowest BCUT2D eigenvalue weighted by Gasteiger charge is -2.33. The van der Waals surface area contributed by atoms with Crippen LogP contribution >= 0.6 is 0 Å². The van der Waals surface area contributed by atoms with Crippen LogP contribution in [0.15, 0.2) is 42.7 Å². The van der Waals surface area contributed by atoms with Gasteiger partial charge in [0.25, 0.3) is 0 Å². The first-order valence-corrected chi connectivity index (χ1v) is 9.69. The molecule has 2 aromatic rings. The molecule has 1 atom stereocenters. The van der Waals surface area contributed by atoms with Crippen molar-refractivity contribution in [2.45, 2.75) is 31.7 Å². The van der Waals surface area contributed by atoms with Crippen LogP contribution in [0.3, 0.4) is 0 Å². The first-order valence-electron chi connectivity index (χ1n) is 9.69. The Morgan fingerprint density at radius 2 is 1.89 bits per heavy atom. The van der Waals surface area contributed by atoms with Crippen LogP contribution in [-0.2, 0) is 4.79 Å². The van der Waals surface area contributed by atoms with E-state index in [0.717, 1.165) is 31.5 Å². The number of amides is 3. The maximum atomic E-state index is 12.6. The monoisotopic (exact) mass is 380 g/mol. The average molecular weight is 380 g/mol. The molecule has 0 saturated carbocycles. The van der Waals surface area contributed by atoms with Gasteiger partial charge in [0.1, 0.15) is 0 Å². The zero-order valence-electron chi connectivity index (χ0n) is 15.7. The van der Waals surface area contributed by atoms with Gasteiger partial charge in [-0.3, -0.25) is 4.79 Å². The van der Waals surface area contributed by atoms with Crippen molar-refractivity contribution in [3.8, 4) is 0 Å². The van der Waals surface area contributed by atoms with E-state index >= 15 is 0 Å². The Bertz CT molecular complexity index is 844. The molecule has 2 fully saturated rings. The summed E-state index contributed by atoms with van der Waals surface area (Å²) in [7, 11) is 0. The Morgan fingerprint density at radius 1 is 1.07 bits per heavy atom. The number of hydrogen-bond donors (Lipinski definition) is 2. The first-order chi connectivity index (χ1) is 13.7. The number of anilines is 3. The van der Waals surface area contributed by atoms with Crippen molar-refractivity contribution >= 4 is 29.3 Å². The summed E-state index contributed by atoms with van der Waals surface area (Å²) >= 11 is 0. The van der Waals surface area contributed by atoms with E-state index in [0.29, 0.717) is 31.1 Å². The lowest BCUT2D eigenvalue weighted by molar-refractivity contribution is -0.117. The Hall–Kier alpha value is -3.16. The molecule has 28 heavy (non-hydrogen) atoms. The van der Waals surface area contributed by atoms with Crippen molar-refractivity contribution in [2.75, 3.05) is 34.8 Å². The topological polar surface area (TPSA) is 90.5 Å². The van der Waals surface area contributed by atoms with Gasteiger partial charge in [-0.2, -0.15) is 0 Å². The zero-order chi connectivity index (χ0) is 19.3. The number of rotatable bonds is 4. The van der Waals surface area contributed by atoms with Crippen molar-refractivity contribution in [2.24, 2.45) is 0 Å². The number of hydrogen-bond acceptors (Lipinski definition) is 5. The van der Waals surface area contributed by atoms with Crippen LogP contribution in [-0.4, -0.2) is 47.6 Å². The normalized spacial score (nSPS) is 19.6. The van der Waals surface area contributed by atoms with E-state index in [1.807, 2.05) is 24.3 Å². The summed E-state index contributed by atoms with van der Waals surface area (Å²) in [4.78, 5) is 37.1. The van der Waals surface area contributed by atoms with Crippen LogP contribution in [0.25, 0.3) is 0 Å². The minimum absolute atomic E-state index is 0.0122. The Kier molecular flexibility index (Phi) is 5.36. The SMILES string of the molecule is O=C(Nc1ccccc1N1CCCC1=O)NC1CCCN(c2ncccn2)C1. The molecule has 2 aliphatic rings. The van der Waals surface area contributed by atoms with Crippen LogP contribution in [0, 0.1) is 0 Å². The maximum Gasteiger partial charge on any atom is 0.319 e. The molecule has 2 saturated heterocycles. The molecule has 0 spiro atoms. The predicted octanol–water partition coefficient (Wildman–Crippen LogP) is 2.39. The predicted molar refractivity (Wildman–Crippen MR) is 107 cm³/mol. The van der Waals surface area contributed by atoms with Gasteiger partial charge in [0.15, 0.2) is 0 Å². The maximum absolute atomic E-state index is 12.6. The summed E-state index contributed by atoms with van der Waals surface area (Å²) in [6.07, 6.45) is 6.72. The zero-order valence-corrected chi connectivity index (χ0v) is 15.7. The second kappa shape index (κ2) is 8.24. The molecule has 4 rings (SSSR count). The highest BCUT2D eigenvalue weighted by Gasteiger charge is 2.26. The second-order valence-corrected chi connectivity index (χ2v) is 7.10. The standard InChI is InChI=1S/C20H24N6O2/c27-18-9-4-13-26(18)17-8-2-1-7-16(17)24-20(28)23-15-6-3-12-25(14-15)19-21-10-5-11-22-19/h1-2,5,7-8,10-11,15H,3-4,6,9,12-14H2,(H2,23,24,28). The summed E-state index contributed by atoms with van der Waals surface area (Å²) < 4.78 is 0. The highest BCUT2D eigenvalue weighted by Crippen LogP contribution is 2.29. The van der Waals surface area contributed by atoms with Gasteiger partial charge in [0, 0.05) is 44.5 Å². The van der Waals surface area contributed by atoms with Crippen molar-refractivity contribution in [1.82, 2.24) is 15.3 Å². The fraction of sp³-hybridized carbons (Fsp3) is 0.400. The van der Waals surface area contributed by atoms with Crippen LogP contribution in [0.4, 0.5) is 22.1 Å². The fourth-order valence-corrected chi connectivity index (χ4v) is 3.79. The minimum Gasteiger partial charge on any atom is -0.339 e. The van der Waals surface area contributed by atoms with Crippen LogP contribution in [0.1, 0.15) is 25.7 Å². The molecule has 1 aromatic heterocycles. The van der Waals surface area contributed by atoms with E-state index in [4.69, 9.17) is 0 Å². The van der Waals surface area contributed by atoms with Gasteiger partial charge < -0.3 is 20.4 Å².